The first-order chi connectivity index (χ1) is 14.7. The summed E-state index contributed by atoms with van der Waals surface area (Å²) in [7, 11) is 1.61. The third-order valence-corrected chi connectivity index (χ3v) is 4.33. The summed E-state index contributed by atoms with van der Waals surface area (Å²) in [5.74, 6) is 1.66. The highest BCUT2D eigenvalue weighted by Crippen LogP contribution is 2.18. The van der Waals surface area contributed by atoms with Crippen LogP contribution in [-0.2, 0) is 11.3 Å². The van der Waals surface area contributed by atoms with Gasteiger partial charge in [0, 0.05) is 6.42 Å². The van der Waals surface area contributed by atoms with E-state index in [0.717, 1.165) is 11.5 Å². The molecule has 0 aliphatic heterocycles. The molecule has 0 saturated heterocycles. The van der Waals surface area contributed by atoms with Gasteiger partial charge < -0.3 is 24.5 Å². The molecule has 30 heavy (non-hydrogen) atoms. The summed E-state index contributed by atoms with van der Waals surface area (Å²) in [6, 6.07) is 17.7. The third-order valence-electron chi connectivity index (χ3n) is 4.33. The summed E-state index contributed by atoms with van der Waals surface area (Å²) in [6.07, 6.45) is 2.37. The molecule has 7 nitrogen and oxygen atoms in total. The lowest BCUT2D eigenvalue weighted by molar-refractivity contribution is -0.116. The van der Waals surface area contributed by atoms with Gasteiger partial charge in [0.1, 0.15) is 17.3 Å². The number of furan rings is 1. The molecule has 0 saturated carbocycles. The Kier molecular flexibility index (Phi) is 7.49. The normalized spacial score (nSPS) is 10.3. The fourth-order valence-electron chi connectivity index (χ4n) is 2.77. The number of nitrogens with one attached hydrogen (secondary N) is 2. The van der Waals surface area contributed by atoms with Gasteiger partial charge in [-0.3, -0.25) is 9.59 Å². The molecule has 0 atom stereocenters. The molecular formula is C23H24N2O5. The number of carbonyl (C=O) groups excluding carboxylic acids is 2. The summed E-state index contributed by atoms with van der Waals surface area (Å²) in [5, 5.41) is 5.58. The Labute approximate surface area is 175 Å². The van der Waals surface area contributed by atoms with Crippen LogP contribution in [0.15, 0.2) is 71.3 Å². The number of rotatable bonds is 10. The smallest absolute Gasteiger partial charge is 0.253 e. The number of anilines is 1. The number of hydrogen-bond donors (Lipinski definition) is 2. The Balaban J connectivity index is 1.45. The predicted octanol–water partition coefficient (Wildman–Crippen LogP) is 4.02. The Morgan fingerprint density at radius 3 is 2.47 bits per heavy atom. The maximum Gasteiger partial charge on any atom is 0.253 e. The average Bonchev–Trinajstić information content (AvgIpc) is 3.29. The minimum Gasteiger partial charge on any atom is -0.497 e. The van der Waals surface area contributed by atoms with Crippen molar-refractivity contribution >= 4 is 17.5 Å². The van der Waals surface area contributed by atoms with Crippen LogP contribution in [0.4, 0.5) is 5.69 Å². The third kappa shape index (κ3) is 6.13. The number of carbonyl (C=O) groups is 2. The molecule has 0 radical (unpaired) electrons. The van der Waals surface area contributed by atoms with Gasteiger partial charge in [-0.1, -0.05) is 12.1 Å². The highest BCUT2D eigenvalue weighted by atomic mass is 16.5. The van der Waals surface area contributed by atoms with Crippen molar-refractivity contribution in [3.05, 3.63) is 78.3 Å². The van der Waals surface area contributed by atoms with Crippen LogP contribution in [0.3, 0.4) is 0 Å². The molecule has 2 N–H and O–H groups in total. The number of para-hydroxylation sites is 1. The van der Waals surface area contributed by atoms with E-state index in [-0.39, 0.29) is 24.8 Å². The number of benzene rings is 2. The van der Waals surface area contributed by atoms with E-state index >= 15 is 0 Å². The SMILES string of the molecule is COc1ccc(OCCCC(=O)Nc2ccccc2C(=O)NCc2ccco2)cc1. The van der Waals surface area contributed by atoms with E-state index in [2.05, 4.69) is 10.6 Å². The van der Waals surface area contributed by atoms with Gasteiger partial charge in [-0.05, 0) is 55.0 Å². The van der Waals surface area contributed by atoms with E-state index < -0.39 is 0 Å². The Bertz CT molecular complexity index is 952. The van der Waals surface area contributed by atoms with Crippen LogP contribution in [0.2, 0.25) is 0 Å². The molecule has 0 unspecified atom stereocenters. The van der Waals surface area contributed by atoms with Crippen LogP contribution in [0.1, 0.15) is 29.0 Å². The number of ether oxygens (including phenoxy) is 2. The Morgan fingerprint density at radius 1 is 0.967 bits per heavy atom. The fourth-order valence-corrected chi connectivity index (χ4v) is 2.77. The first kappa shape index (κ1) is 21.0. The second kappa shape index (κ2) is 10.7. The van der Waals surface area contributed by atoms with Crippen LogP contribution >= 0.6 is 0 Å². The lowest BCUT2D eigenvalue weighted by atomic mass is 10.1. The van der Waals surface area contributed by atoms with Gasteiger partial charge in [-0.25, -0.2) is 0 Å². The molecular weight excluding hydrogens is 384 g/mol. The first-order valence-electron chi connectivity index (χ1n) is 9.62. The Morgan fingerprint density at radius 2 is 1.73 bits per heavy atom. The summed E-state index contributed by atoms with van der Waals surface area (Å²) < 4.78 is 15.9. The standard InChI is InChI=1S/C23H24N2O5/c1-28-17-10-12-18(13-11-17)29-15-5-9-22(26)25-21-8-3-2-7-20(21)23(27)24-16-19-6-4-14-30-19/h2-4,6-8,10-14H,5,9,15-16H2,1H3,(H,24,27)(H,25,26). The van der Waals surface area contributed by atoms with Crippen molar-refractivity contribution in [3.8, 4) is 11.5 Å². The monoisotopic (exact) mass is 408 g/mol. The van der Waals surface area contributed by atoms with Crippen molar-refractivity contribution in [2.24, 2.45) is 0 Å². The molecule has 0 bridgehead atoms. The lowest BCUT2D eigenvalue weighted by Gasteiger charge is -2.11. The van der Waals surface area contributed by atoms with Gasteiger partial charge in [0.15, 0.2) is 0 Å². The maximum absolute atomic E-state index is 12.5. The highest BCUT2D eigenvalue weighted by molar-refractivity contribution is 6.03. The molecule has 2 aromatic carbocycles. The predicted molar refractivity (Wildman–Crippen MR) is 113 cm³/mol. The molecule has 1 heterocycles. The fraction of sp³-hybridized carbons (Fsp3) is 0.217. The number of amides is 2. The van der Waals surface area contributed by atoms with Crippen molar-refractivity contribution < 1.29 is 23.5 Å². The second-order valence-electron chi connectivity index (χ2n) is 6.48. The molecule has 3 aromatic rings. The van der Waals surface area contributed by atoms with Crippen LogP contribution in [0.5, 0.6) is 11.5 Å². The van der Waals surface area contributed by atoms with Crippen LogP contribution in [0.25, 0.3) is 0 Å². The molecule has 0 fully saturated rings. The lowest BCUT2D eigenvalue weighted by Crippen LogP contribution is -2.24. The van der Waals surface area contributed by atoms with Gasteiger partial charge in [0.05, 0.1) is 37.8 Å². The zero-order chi connectivity index (χ0) is 21.2. The minimum absolute atomic E-state index is 0.181. The van der Waals surface area contributed by atoms with Gasteiger partial charge in [-0.2, -0.15) is 0 Å². The van der Waals surface area contributed by atoms with Gasteiger partial charge in [0.25, 0.3) is 5.91 Å². The van der Waals surface area contributed by atoms with E-state index in [1.807, 2.05) is 24.3 Å². The Hall–Kier alpha value is -3.74. The van der Waals surface area contributed by atoms with Crippen LogP contribution in [-0.4, -0.2) is 25.5 Å². The summed E-state index contributed by atoms with van der Waals surface area (Å²) in [4.78, 5) is 24.8. The van der Waals surface area contributed by atoms with Crippen molar-refractivity contribution in [1.29, 1.82) is 0 Å². The first-order valence-corrected chi connectivity index (χ1v) is 9.62. The molecule has 2 amide bonds. The van der Waals surface area contributed by atoms with Crippen LogP contribution in [0, 0.1) is 0 Å². The highest BCUT2D eigenvalue weighted by Gasteiger charge is 2.13. The van der Waals surface area contributed by atoms with E-state index in [1.165, 1.54) is 0 Å². The molecule has 0 aliphatic carbocycles. The molecule has 0 aliphatic rings. The topological polar surface area (TPSA) is 89.8 Å². The summed E-state index contributed by atoms with van der Waals surface area (Å²) >= 11 is 0. The van der Waals surface area contributed by atoms with Crippen molar-refractivity contribution in [1.82, 2.24) is 5.32 Å². The molecule has 0 spiro atoms. The van der Waals surface area contributed by atoms with Gasteiger partial charge in [0.2, 0.25) is 5.91 Å². The molecule has 3 rings (SSSR count). The van der Waals surface area contributed by atoms with E-state index in [0.29, 0.717) is 30.0 Å². The zero-order valence-electron chi connectivity index (χ0n) is 16.7. The van der Waals surface area contributed by atoms with E-state index in [9.17, 15) is 9.59 Å². The second-order valence-corrected chi connectivity index (χ2v) is 6.48. The maximum atomic E-state index is 12.5. The van der Waals surface area contributed by atoms with Crippen molar-refractivity contribution in [3.63, 3.8) is 0 Å². The van der Waals surface area contributed by atoms with Gasteiger partial charge >= 0.3 is 0 Å². The molecule has 156 valence electrons. The molecule has 1 aromatic heterocycles. The largest absolute Gasteiger partial charge is 0.497 e. The molecule has 7 heteroatoms. The number of hydrogen-bond acceptors (Lipinski definition) is 5. The van der Waals surface area contributed by atoms with E-state index in [1.54, 1.807) is 49.8 Å². The quantitative estimate of drug-likeness (QED) is 0.495. The van der Waals surface area contributed by atoms with E-state index in [4.69, 9.17) is 13.9 Å². The zero-order valence-corrected chi connectivity index (χ0v) is 16.7. The number of methoxy groups -OCH3 is 1. The van der Waals surface area contributed by atoms with Crippen LogP contribution < -0.4 is 20.1 Å². The van der Waals surface area contributed by atoms with Crippen molar-refractivity contribution in [2.75, 3.05) is 19.0 Å². The minimum atomic E-state index is -0.287. The summed E-state index contributed by atoms with van der Waals surface area (Å²) in [6.45, 7) is 0.682. The summed E-state index contributed by atoms with van der Waals surface area (Å²) in [5.41, 5.74) is 0.863. The van der Waals surface area contributed by atoms with Gasteiger partial charge in [-0.15, -0.1) is 0 Å². The average molecular weight is 408 g/mol. The van der Waals surface area contributed by atoms with Crippen molar-refractivity contribution in [2.45, 2.75) is 19.4 Å².